The Morgan fingerprint density at radius 1 is 1.00 bits per heavy atom. The number of rotatable bonds is 1. The van der Waals surface area contributed by atoms with E-state index in [9.17, 15) is 26.3 Å². The van der Waals surface area contributed by atoms with Crippen LogP contribution in [0.2, 0.25) is 0 Å². The van der Waals surface area contributed by atoms with Crippen molar-refractivity contribution in [3.63, 3.8) is 0 Å². The number of halogens is 6. The lowest BCUT2D eigenvalue weighted by Crippen LogP contribution is -2.16. The Kier molecular flexibility index (Phi) is 3.17. The van der Waals surface area contributed by atoms with E-state index in [2.05, 4.69) is 4.74 Å². The van der Waals surface area contributed by atoms with Gasteiger partial charge in [0.1, 0.15) is 17.1 Å². The fourth-order valence-electron chi connectivity index (χ4n) is 1.24. The summed E-state index contributed by atoms with van der Waals surface area (Å²) in [7, 11) is 0.974. The summed E-state index contributed by atoms with van der Waals surface area (Å²) in [6.07, 6.45) is -10.5. The van der Waals surface area contributed by atoms with Crippen LogP contribution >= 0.6 is 0 Å². The van der Waals surface area contributed by atoms with Gasteiger partial charge in [-0.1, -0.05) is 0 Å². The highest BCUT2D eigenvalue weighted by molar-refractivity contribution is 5.48. The van der Waals surface area contributed by atoms with Crippen LogP contribution in [-0.4, -0.2) is 12.2 Å². The van der Waals surface area contributed by atoms with Gasteiger partial charge in [-0.3, -0.25) is 0 Å². The third-order valence-corrected chi connectivity index (χ3v) is 1.92. The number of hydrogen-bond acceptors (Lipinski definition) is 2. The summed E-state index contributed by atoms with van der Waals surface area (Å²) in [5, 5.41) is 9.00. The van der Waals surface area contributed by atoms with Gasteiger partial charge in [0.25, 0.3) is 0 Å². The van der Waals surface area contributed by atoms with Crippen molar-refractivity contribution < 1.29 is 36.2 Å². The zero-order valence-electron chi connectivity index (χ0n) is 8.28. The molecule has 96 valence electrons. The van der Waals surface area contributed by atoms with Crippen molar-refractivity contribution in [1.29, 1.82) is 0 Å². The molecular formula is C9H6F6O2. The van der Waals surface area contributed by atoms with Crippen LogP contribution in [0.1, 0.15) is 11.1 Å². The van der Waals surface area contributed by atoms with Crippen LogP contribution in [0, 0.1) is 0 Å². The lowest BCUT2D eigenvalue weighted by Gasteiger charge is -2.17. The Morgan fingerprint density at radius 3 is 1.88 bits per heavy atom. The molecular weight excluding hydrogens is 254 g/mol. The first kappa shape index (κ1) is 13.5. The van der Waals surface area contributed by atoms with E-state index in [0.717, 1.165) is 7.11 Å². The maximum absolute atomic E-state index is 12.4. The Bertz CT molecular complexity index is 421. The smallest absolute Gasteiger partial charge is 0.420 e. The van der Waals surface area contributed by atoms with E-state index in [0.29, 0.717) is 6.07 Å². The van der Waals surface area contributed by atoms with Crippen molar-refractivity contribution >= 4 is 0 Å². The van der Waals surface area contributed by atoms with Crippen LogP contribution in [0.5, 0.6) is 11.5 Å². The normalized spacial score (nSPS) is 12.6. The summed E-state index contributed by atoms with van der Waals surface area (Å²) in [5.74, 6) is -2.04. The number of phenols is 1. The van der Waals surface area contributed by atoms with Gasteiger partial charge in [0, 0.05) is 6.07 Å². The largest absolute Gasteiger partial charge is 0.507 e. The quantitative estimate of drug-likeness (QED) is 0.784. The standard InChI is InChI=1S/C9H6F6O2/c1-17-4-2-5(8(10,11)12)7(6(16)3-4)9(13,14)15/h2-3,16H,1H3. The summed E-state index contributed by atoms with van der Waals surface area (Å²) < 4.78 is 78.7. The molecule has 0 saturated carbocycles. The first-order valence-corrected chi connectivity index (χ1v) is 4.12. The number of ether oxygens (including phenoxy) is 1. The molecule has 1 rings (SSSR count). The summed E-state index contributed by atoms with van der Waals surface area (Å²) >= 11 is 0. The molecule has 0 atom stereocenters. The Labute approximate surface area is 91.4 Å². The van der Waals surface area contributed by atoms with Gasteiger partial charge in [-0.05, 0) is 6.07 Å². The zero-order valence-corrected chi connectivity index (χ0v) is 8.28. The predicted octanol–water partition coefficient (Wildman–Crippen LogP) is 3.44. The van der Waals surface area contributed by atoms with Crippen LogP contribution in [0.25, 0.3) is 0 Å². The monoisotopic (exact) mass is 260 g/mol. The van der Waals surface area contributed by atoms with Crippen molar-refractivity contribution in [2.24, 2.45) is 0 Å². The van der Waals surface area contributed by atoms with Crippen LogP contribution in [0.4, 0.5) is 26.3 Å². The average molecular weight is 260 g/mol. The van der Waals surface area contributed by atoms with Crippen LogP contribution < -0.4 is 4.74 Å². The van der Waals surface area contributed by atoms with E-state index in [1.165, 1.54) is 0 Å². The van der Waals surface area contributed by atoms with Crippen molar-refractivity contribution in [3.8, 4) is 11.5 Å². The molecule has 0 aliphatic rings. The number of alkyl halides is 6. The van der Waals surface area contributed by atoms with Crippen LogP contribution in [0.15, 0.2) is 12.1 Å². The van der Waals surface area contributed by atoms with Gasteiger partial charge in [-0.2, -0.15) is 26.3 Å². The molecule has 17 heavy (non-hydrogen) atoms. The van der Waals surface area contributed by atoms with Crippen LogP contribution in [-0.2, 0) is 12.4 Å². The highest BCUT2D eigenvalue weighted by Crippen LogP contribution is 2.46. The Hall–Kier alpha value is -1.60. The van der Waals surface area contributed by atoms with Crippen molar-refractivity contribution in [1.82, 2.24) is 0 Å². The van der Waals surface area contributed by atoms with E-state index in [1.54, 1.807) is 0 Å². The van der Waals surface area contributed by atoms with Crippen molar-refractivity contribution in [2.45, 2.75) is 12.4 Å². The van der Waals surface area contributed by atoms with Gasteiger partial charge < -0.3 is 9.84 Å². The molecule has 0 spiro atoms. The second-order valence-electron chi connectivity index (χ2n) is 3.06. The maximum Gasteiger partial charge on any atom is 0.420 e. The second-order valence-corrected chi connectivity index (χ2v) is 3.06. The SMILES string of the molecule is COc1cc(O)c(C(F)(F)F)c(C(F)(F)F)c1. The molecule has 0 aromatic heterocycles. The fourth-order valence-corrected chi connectivity index (χ4v) is 1.24. The van der Waals surface area contributed by atoms with E-state index < -0.39 is 35.0 Å². The molecule has 0 aliphatic heterocycles. The van der Waals surface area contributed by atoms with Crippen LogP contribution in [0.3, 0.4) is 0 Å². The molecule has 0 amide bonds. The molecule has 1 aromatic rings. The molecule has 0 saturated heterocycles. The van der Waals surface area contributed by atoms with E-state index in [4.69, 9.17) is 5.11 Å². The van der Waals surface area contributed by atoms with E-state index >= 15 is 0 Å². The van der Waals surface area contributed by atoms with Gasteiger partial charge in [0.2, 0.25) is 0 Å². The lowest BCUT2D eigenvalue weighted by atomic mass is 10.0. The first-order chi connectivity index (χ1) is 7.57. The second kappa shape index (κ2) is 4.01. The molecule has 0 aliphatic carbocycles. The molecule has 2 nitrogen and oxygen atoms in total. The Morgan fingerprint density at radius 2 is 1.53 bits per heavy atom. The molecule has 1 N–H and O–H groups in total. The molecule has 0 unspecified atom stereocenters. The molecule has 0 heterocycles. The summed E-state index contributed by atoms with van der Waals surface area (Å²) in [4.78, 5) is 0. The van der Waals surface area contributed by atoms with Crippen molar-refractivity contribution in [3.05, 3.63) is 23.3 Å². The molecule has 1 aromatic carbocycles. The van der Waals surface area contributed by atoms with Gasteiger partial charge in [-0.15, -0.1) is 0 Å². The summed E-state index contributed by atoms with van der Waals surface area (Å²) in [6, 6.07) is 0.653. The maximum atomic E-state index is 12.4. The minimum Gasteiger partial charge on any atom is -0.507 e. The third kappa shape index (κ3) is 2.75. The van der Waals surface area contributed by atoms with Gasteiger partial charge >= 0.3 is 12.4 Å². The summed E-state index contributed by atoms with van der Waals surface area (Å²) in [6.45, 7) is 0. The minimum absolute atomic E-state index is 0.183. The van der Waals surface area contributed by atoms with Gasteiger partial charge in [-0.25, -0.2) is 0 Å². The molecule has 8 heteroatoms. The molecule has 0 bridgehead atoms. The highest BCUT2D eigenvalue weighted by atomic mass is 19.4. The number of aromatic hydroxyl groups is 1. The number of hydrogen-bond donors (Lipinski definition) is 1. The molecule has 0 fully saturated rings. The van der Waals surface area contributed by atoms with Gasteiger partial charge in [0.05, 0.1) is 12.7 Å². The van der Waals surface area contributed by atoms with E-state index in [-0.39, 0.29) is 6.07 Å². The Balaban J connectivity index is 3.58. The minimum atomic E-state index is -5.30. The average Bonchev–Trinajstić information content (AvgIpc) is 2.12. The molecule has 0 radical (unpaired) electrons. The lowest BCUT2D eigenvalue weighted by molar-refractivity contribution is -0.163. The van der Waals surface area contributed by atoms with E-state index in [1.807, 2.05) is 0 Å². The number of benzene rings is 1. The van der Waals surface area contributed by atoms with Gasteiger partial charge in [0.15, 0.2) is 0 Å². The zero-order chi connectivity index (χ0) is 13.4. The topological polar surface area (TPSA) is 29.5 Å². The fraction of sp³-hybridized carbons (Fsp3) is 0.333. The third-order valence-electron chi connectivity index (χ3n) is 1.92. The number of phenolic OH excluding ortho intramolecular Hbond substituents is 1. The first-order valence-electron chi connectivity index (χ1n) is 4.12. The number of methoxy groups -OCH3 is 1. The predicted molar refractivity (Wildman–Crippen MR) is 44.7 cm³/mol. The highest BCUT2D eigenvalue weighted by Gasteiger charge is 2.45. The van der Waals surface area contributed by atoms with Crippen molar-refractivity contribution in [2.75, 3.05) is 7.11 Å². The summed E-state index contributed by atoms with van der Waals surface area (Å²) in [5.41, 5.74) is -4.10.